The minimum atomic E-state index is -0.261. The number of rotatable bonds is 5. The maximum absolute atomic E-state index is 5.95. The van der Waals surface area contributed by atoms with Crippen LogP contribution < -0.4 is 16.0 Å². The molecule has 108 valence electrons. The molecule has 0 radical (unpaired) electrons. The zero-order chi connectivity index (χ0) is 14.7. The van der Waals surface area contributed by atoms with Crippen molar-refractivity contribution < 1.29 is 0 Å². The predicted octanol–water partition coefficient (Wildman–Crippen LogP) is 2.11. The van der Waals surface area contributed by atoms with Gasteiger partial charge in [0.05, 0.1) is 0 Å². The highest BCUT2D eigenvalue weighted by Gasteiger charge is 2.15. The summed E-state index contributed by atoms with van der Waals surface area (Å²) in [6, 6.07) is 1.96. The van der Waals surface area contributed by atoms with Crippen LogP contribution in [0.15, 0.2) is 12.4 Å². The fraction of sp³-hybridized carbons (Fsp3) is 0.714. The topological polar surface area (TPSA) is 67.1 Å². The van der Waals surface area contributed by atoms with Crippen LogP contribution in [0.4, 0.5) is 11.6 Å². The van der Waals surface area contributed by atoms with E-state index in [-0.39, 0.29) is 11.0 Å². The molecule has 19 heavy (non-hydrogen) atoms. The van der Waals surface area contributed by atoms with Crippen molar-refractivity contribution in [3.8, 4) is 0 Å². The van der Waals surface area contributed by atoms with Gasteiger partial charge < -0.3 is 16.0 Å². The summed E-state index contributed by atoms with van der Waals surface area (Å²) in [7, 11) is 2.05. The first-order chi connectivity index (χ1) is 8.57. The first-order valence-corrected chi connectivity index (χ1v) is 6.63. The molecular weight excluding hydrogens is 238 g/mol. The molecule has 0 saturated carbocycles. The molecule has 0 atom stereocenters. The molecule has 0 amide bonds. The summed E-state index contributed by atoms with van der Waals surface area (Å²) in [5.74, 6) is 1.73. The zero-order valence-corrected chi connectivity index (χ0v) is 13.0. The summed E-state index contributed by atoms with van der Waals surface area (Å²) in [5.41, 5.74) is 5.92. The molecule has 0 aromatic carbocycles. The van der Waals surface area contributed by atoms with Crippen LogP contribution in [0.25, 0.3) is 0 Å². The Balaban J connectivity index is 2.71. The Bertz CT molecular complexity index is 403. The molecule has 1 rings (SSSR count). The van der Waals surface area contributed by atoms with Crippen LogP contribution in [-0.4, -0.2) is 35.6 Å². The lowest BCUT2D eigenvalue weighted by Gasteiger charge is -2.27. The standard InChI is InChI=1S/C14H27N5/c1-13(2,3)9-19(6)12-7-11(17-10-18-12)16-8-14(4,5)15/h7,10H,8-9,15H2,1-6H3,(H,16,17,18). The third-order valence-corrected chi connectivity index (χ3v) is 2.48. The molecule has 0 aliphatic heterocycles. The fourth-order valence-electron chi connectivity index (χ4n) is 1.76. The van der Waals surface area contributed by atoms with Crippen molar-refractivity contribution in [3.05, 3.63) is 12.4 Å². The highest BCUT2D eigenvalue weighted by Crippen LogP contribution is 2.19. The van der Waals surface area contributed by atoms with E-state index in [2.05, 4.69) is 41.0 Å². The summed E-state index contributed by atoms with van der Waals surface area (Å²) in [5, 5.41) is 3.24. The maximum atomic E-state index is 5.95. The molecule has 0 unspecified atom stereocenters. The Kier molecular flexibility index (Phi) is 4.74. The SMILES string of the molecule is CN(CC(C)(C)C)c1cc(NCC(C)(C)N)ncn1. The average Bonchev–Trinajstić information content (AvgIpc) is 2.23. The van der Waals surface area contributed by atoms with Gasteiger partial charge in [0.2, 0.25) is 0 Å². The first kappa shape index (κ1) is 15.7. The molecule has 0 bridgehead atoms. The van der Waals surface area contributed by atoms with Crippen molar-refractivity contribution in [2.45, 2.75) is 40.2 Å². The maximum Gasteiger partial charge on any atom is 0.133 e. The van der Waals surface area contributed by atoms with Gasteiger partial charge in [0, 0.05) is 31.7 Å². The van der Waals surface area contributed by atoms with E-state index in [4.69, 9.17) is 5.73 Å². The lowest BCUT2D eigenvalue weighted by molar-refractivity contribution is 0.418. The van der Waals surface area contributed by atoms with Gasteiger partial charge in [-0.3, -0.25) is 0 Å². The number of anilines is 2. The zero-order valence-electron chi connectivity index (χ0n) is 13.0. The largest absolute Gasteiger partial charge is 0.368 e. The lowest BCUT2D eigenvalue weighted by atomic mass is 9.96. The molecule has 0 fully saturated rings. The van der Waals surface area contributed by atoms with E-state index in [1.165, 1.54) is 0 Å². The highest BCUT2D eigenvalue weighted by atomic mass is 15.2. The predicted molar refractivity (Wildman–Crippen MR) is 81.5 cm³/mol. The van der Waals surface area contributed by atoms with Gasteiger partial charge in [-0.15, -0.1) is 0 Å². The van der Waals surface area contributed by atoms with Gasteiger partial charge in [0.15, 0.2) is 0 Å². The lowest BCUT2D eigenvalue weighted by Crippen LogP contribution is -2.39. The molecule has 0 saturated heterocycles. The first-order valence-electron chi connectivity index (χ1n) is 6.63. The van der Waals surface area contributed by atoms with Gasteiger partial charge in [-0.05, 0) is 19.3 Å². The number of nitrogens with two attached hydrogens (primary N) is 1. The van der Waals surface area contributed by atoms with Crippen LogP contribution in [0.2, 0.25) is 0 Å². The van der Waals surface area contributed by atoms with E-state index in [0.29, 0.717) is 6.54 Å². The van der Waals surface area contributed by atoms with Crippen LogP contribution in [0.1, 0.15) is 34.6 Å². The second kappa shape index (κ2) is 5.74. The van der Waals surface area contributed by atoms with E-state index in [9.17, 15) is 0 Å². The number of nitrogens with zero attached hydrogens (tertiary/aromatic N) is 3. The van der Waals surface area contributed by atoms with Crippen molar-refractivity contribution in [3.63, 3.8) is 0 Å². The van der Waals surface area contributed by atoms with Gasteiger partial charge in [-0.2, -0.15) is 0 Å². The van der Waals surface area contributed by atoms with Crippen LogP contribution in [0, 0.1) is 5.41 Å². The Morgan fingerprint density at radius 2 is 1.84 bits per heavy atom. The minimum Gasteiger partial charge on any atom is -0.368 e. The Labute approximate surface area is 116 Å². The third-order valence-electron chi connectivity index (χ3n) is 2.48. The fourth-order valence-corrected chi connectivity index (χ4v) is 1.76. The number of nitrogens with one attached hydrogen (secondary N) is 1. The molecule has 0 aliphatic rings. The van der Waals surface area contributed by atoms with Crippen molar-refractivity contribution >= 4 is 11.6 Å². The van der Waals surface area contributed by atoms with E-state index >= 15 is 0 Å². The van der Waals surface area contributed by atoms with E-state index < -0.39 is 0 Å². The van der Waals surface area contributed by atoms with Crippen molar-refractivity contribution in [1.29, 1.82) is 0 Å². The van der Waals surface area contributed by atoms with Crippen LogP contribution in [-0.2, 0) is 0 Å². The van der Waals surface area contributed by atoms with Gasteiger partial charge in [0.1, 0.15) is 18.0 Å². The number of hydrogen-bond acceptors (Lipinski definition) is 5. The Morgan fingerprint density at radius 1 is 1.21 bits per heavy atom. The Morgan fingerprint density at radius 3 is 2.37 bits per heavy atom. The van der Waals surface area contributed by atoms with Crippen molar-refractivity contribution in [2.75, 3.05) is 30.4 Å². The quantitative estimate of drug-likeness (QED) is 0.853. The van der Waals surface area contributed by atoms with E-state index in [1.54, 1.807) is 6.33 Å². The summed E-state index contributed by atoms with van der Waals surface area (Å²) >= 11 is 0. The molecule has 1 aromatic heterocycles. The summed E-state index contributed by atoms with van der Waals surface area (Å²) < 4.78 is 0. The van der Waals surface area contributed by atoms with Crippen LogP contribution >= 0.6 is 0 Å². The molecule has 5 nitrogen and oxygen atoms in total. The van der Waals surface area contributed by atoms with E-state index in [1.807, 2.05) is 27.0 Å². The van der Waals surface area contributed by atoms with Crippen LogP contribution in [0.3, 0.4) is 0 Å². The smallest absolute Gasteiger partial charge is 0.133 e. The molecule has 1 heterocycles. The monoisotopic (exact) mass is 265 g/mol. The Hall–Kier alpha value is -1.36. The second-order valence-electron chi connectivity index (χ2n) is 7.02. The summed E-state index contributed by atoms with van der Waals surface area (Å²) in [4.78, 5) is 10.7. The third kappa shape index (κ3) is 6.38. The highest BCUT2D eigenvalue weighted by molar-refractivity contribution is 5.48. The molecule has 5 heteroatoms. The average molecular weight is 265 g/mol. The van der Waals surface area contributed by atoms with Gasteiger partial charge in [-0.1, -0.05) is 20.8 Å². The van der Waals surface area contributed by atoms with Crippen molar-refractivity contribution in [2.24, 2.45) is 11.1 Å². The van der Waals surface area contributed by atoms with Crippen LogP contribution in [0.5, 0.6) is 0 Å². The second-order valence-corrected chi connectivity index (χ2v) is 7.02. The minimum absolute atomic E-state index is 0.229. The van der Waals surface area contributed by atoms with E-state index in [0.717, 1.165) is 18.2 Å². The summed E-state index contributed by atoms with van der Waals surface area (Å²) in [6.07, 6.45) is 1.58. The molecule has 0 aliphatic carbocycles. The molecule has 0 spiro atoms. The summed E-state index contributed by atoms with van der Waals surface area (Å²) in [6.45, 7) is 12.2. The molecular formula is C14H27N5. The molecule has 3 N–H and O–H groups in total. The number of aromatic nitrogens is 2. The normalized spacial score (nSPS) is 12.4. The van der Waals surface area contributed by atoms with Crippen molar-refractivity contribution in [1.82, 2.24) is 9.97 Å². The van der Waals surface area contributed by atoms with Gasteiger partial charge in [0.25, 0.3) is 0 Å². The molecule has 1 aromatic rings. The van der Waals surface area contributed by atoms with Gasteiger partial charge >= 0.3 is 0 Å². The number of hydrogen-bond donors (Lipinski definition) is 2. The van der Waals surface area contributed by atoms with Gasteiger partial charge in [-0.25, -0.2) is 9.97 Å².